The van der Waals surface area contributed by atoms with Gasteiger partial charge in [-0.15, -0.1) is 0 Å². The topological polar surface area (TPSA) is 53.2 Å². The number of rotatable bonds is 2. The minimum absolute atomic E-state index is 0.0534. The van der Waals surface area contributed by atoms with Crippen LogP contribution in [0.1, 0.15) is 24.8 Å². The number of amides is 1. The minimum Gasteiger partial charge on any atom is -0.325 e. The highest BCUT2D eigenvalue weighted by atomic mass is 79.9. The molecule has 1 saturated heterocycles. The Kier molecular flexibility index (Phi) is 3.60. The molecule has 2 fully saturated rings. The summed E-state index contributed by atoms with van der Waals surface area (Å²) in [4.78, 5) is 12.3. The summed E-state index contributed by atoms with van der Waals surface area (Å²) >= 11 is 3.49. The van der Waals surface area contributed by atoms with E-state index in [2.05, 4.69) is 32.1 Å². The van der Waals surface area contributed by atoms with E-state index in [1.807, 2.05) is 25.1 Å². The standard InChI is InChI=1S/C14H18BrN3O/c1-8-5-6-9(7-11(8)15)16-14(19)13-10-3-2-4-12(10)17-18-13/h5-7,10,12-13,17-18H,2-4H2,1H3,(H,16,19). The number of aryl methyl sites for hydroxylation is 1. The molecular weight excluding hydrogens is 306 g/mol. The SMILES string of the molecule is Cc1ccc(NC(=O)C2NNC3CCCC32)cc1Br. The lowest BCUT2D eigenvalue weighted by Crippen LogP contribution is -2.42. The molecule has 1 heterocycles. The molecule has 0 radical (unpaired) electrons. The molecule has 1 saturated carbocycles. The van der Waals surface area contributed by atoms with Crippen LogP contribution in [0.5, 0.6) is 0 Å². The van der Waals surface area contributed by atoms with E-state index in [4.69, 9.17) is 0 Å². The number of fused-ring (bicyclic) bond motifs is 1. The molecule has 3 atom stereocenters. The van der Waals surface area contributed by atoms with Crippen molar-refractivity contribution >= 4 is 27.5 Å². The van der Waals surface area contributed by atoms with Crippen molar-refractivity contribution in [3.05, 3.63) is 28.2 Å². The van der Waals surface area contributed by atoms with Crippen LogP contribution in [0, 0.1) is 12.8 Å². The summed E-state index contributed by atoms with van der Waals surface area (Å²) in [7, 11) is 0. The largest absolute Gasteiger partial charge is 0.325 e. The average molecular weight is 324 g/mol. The minimum atomic E-state index is -0.118. The lowest BCUT2D eigenvalue weighted by atomic mass is 9.96. The van der Waals surface area contributed by atoms with E-state index in [-0.39, 0.29) is 11.9 Å². The summed E-state index contributed by atoms with van der Waals surface area (Å²) in [6.07, 6.45) is 3.50. The zero-order valence-corrected chi connectivity index (χ0v) is 12.5. The van der Waals surface area contributed by atoms with Crippen molar-refractivity contribution in [2.75, 3.05) is 5.32 Å². The molecule has 2 aliphatic rings. The predicted molar refractivity (Wildman–Crippen MR) is 78.7 cm³/mol. The van der Waals surface area contributed by atoms with Crippen LogP contribution in [-0.4, -0.2) is 18.0 Å². The lowest BCUT2D eigenvalue weighted by molar-refractivity contribution is -0.118. The van der Waals surface area contributed by atoms with Crippen LogP contribution in [0.2, 0.25) is 0 Å². The van der Waals surface area contributed by atoms with Crippen molar-refractivity contribution in [2.24, 2.45) is 5.92 Å². The van der Waals surface area contributed by atoms with Gasteiger partial charge in [-0.3, -0.25) is 10.2 Å². The van der Waals surface area contributed by atoms with E-state index < -0.39 is 0 Å². The molecule has 3 unspecified atom stereocenters. The Bertz CT molecular complexity index is 505. The molecule has 0 aromatic heterocycles. The van der Waals surface area contributed by atoms with Gasteiger partial charge in [-0.25, -0.2) is 5.43 Å². The van der Waals surface area contributed by atoms with Crippen LogP contribution in [0.25, 0.3) is 0 Å². The Morgan fingerprint density at radius 2 is 2.21 bits per heavy atom. The summed E-state index contributed by atoms with van der Waals surface area (Å²) in [6.45, 7) is 2.03. The Morgan fingerprint density at radius 1 is 1.37 bits per heavy atom. The number of carbonyl (C=O) groups excluding carboxylic acids is 1. The van der Waals surface area contributed by atoms with Crippen LogP contribution in [-0.2, 0) is 4.79 Å². The number of nitrogens with one attached hydrogen (secondary N) is 3. The molecule has 5 heteroatoms. The Morgan fingerprint density at radius 3 is 3.00 bits per heavy atom. The summed E-state index contributed by atoms with van der Waals surface area (Å²) in [5.41, 5.74) is 8.37. The molecule has 1 aromatic carbocycles. The molecule has 1 aromatic rings. The second-order valence-corrected chi connectivity index (χ2v) is 6.28. The van der Waals surface area contributed by atoms with Gasteiger partial charge in [0, 0.05) is 22.1 Å². The zero-order chi connectivity index (χ0) is 13.4. The van der Waals surface area contributed by atoms with Gasteiger partial charge in [-0.1, -0.05) is 28.4 Å². The maximum Gasteiger partial charge on any atom is 0.243 e. The first kappa shape index (κ1) is 13.1. The molecule has 1 aliphatic carbocycles. The molecule has 1 amide bonds. The first-order valence-electron chi connectivity index (χ1n) is 6.73. The van der Waals surface area contributed by atoms with Crippen molar-refractivity contribution in [1.82, 2.24) is 10.9 Å². The summed E-state index contributed by atoms with van der Waals surface area (Å²) in [5.74, 6) is 0.478. The quantitative estimate of drug-likeness (QED) is 0.783. The van der Waals surface area contributed by atoms with Gasteiger partial charge in [0.25, 0.3) is 0 Å². The van der Waals surface area contributed by atoms with E-state index in [0.717, 1.165) is 28.6 Å². The van der Waals surface area contributed by atoms with E-state index in [9.17, 15) is 4.79 Å². The lowest BCUT2D eigenvalue weighted by Gasteiger charge is -2.16. The van der Waals surface area contributed by atoms with Gasteiger partial charge < -0.3 is 5.32 Å². The van der Waals surface area contributed by atoms with Gasteiger partial charge in [0.1, 0.15) is 6.04 Å². The molecule has 19 heavy (non-hydrogen) atoms. The third-order valence-corrected chi connectivity index (χ3v) is 5.00. The van der Waals surface area contributed by atoms with E-state index in [0.29, 0.717) is 12.0 Å². The zero-order valence-electron chi connectivity index (χ0n) is 10.9. The number of halogens is 1. The predicted octanol–water partition coefficient (Wildman–Crippen LogP) is 2.34. The number of hydrogen-bond donors (Lipinski definition) is 3. The molecule has 1 aliphatic heterocycles. The van der Waals surface area contributed by atoms with Crippen molar-refractivity contribution in [1.29, 1.82) is 0 Å². The van der Waals surface area contributed by atoms with Crippen molar-refractivity contribution in [3.63, 3.8) is 0 Å². The van der Waals surface area contributed by atoms with Crippen molar-refractivity contribution < 1.29 is 4.79 Å². The van der Waals surface area contributed by atoms with Crippen molar-refractivity contribution in [2.45, 2.75) is 38.3 Å². The van der Waals surface area contributed by atoms with Gasteiger partial charge in [0.05, 0.1) is 0 Å². The molecule has 3 rings (SSSR count). The highest BCUT2D eigenvalue weighted by Gasteiger charge is 2.42. The number of carbonyl (C=O) groups is 1. The molecule has 0 spiro atoms. The Balaban J connectivity index is 1.69. The number of anilines is 1. The van der Waals surface area contributed by atoms with Gasteiger partial charge >= 0.3 is 0 Å². The summed E-state index contributed by atoms with van der Waals surface area (Å²) in [5, 5.41) is 2.99. The van der Waals surface area contributed by atoms with Crippen molar-refractivity contribution in [3.8, 4) is 0 Å². The normalized spacial score (nSPS) is 29.3. The molecule has 4 nitrogen and oxygen atoms in total. The van der Waals surface area contributed by atoms with Crippen LogP contribution in [0.4, 0.5) is 5.69 Å². The maximum absolute atomic E-state index is 12.3. The Labute approximate surface area is 121 Å². The highest BCUT2D eigenvalue weighted by Crippen LogP contribution is 2.32. The monoisotopic (exact) mass is 323 g/mol. The third kappa shape index (κ3) is 2.55. The molecule has 3 N–H and O–H groups in total. The van der Waals surface area contributed by atoms with Crippen LogP contribution in [0.3, 0.4) is 0 Å². The maximum atomic E-state index is 12.3. The second-order valence-electron chi connectivity index (χ2n) is 5.42. The van der Waals surface area contributed by atoms with Gasteiger partial charge in [-0.05, 0) is 37.5 Å². The molecule has 102 valence electrons. The fourth-order valence-electron chi connectivity index (χ4n) is 3.02. The van der Waals surface area contributed by atoms with Gasteiger partial charge in [0.15, 0.2) is 0 Å². The first-order valence-corrected chi connectivity index (χ1v) is 7.52. The Hall–Kier alpha value is -0.910. The van der Waals surface area contributed by atoms with Gasteiger partial charge in [0.2, 0.25) is 5.91 Å². The van der Waals surface area contributed by atoms with E-state index >= 15 is 0 Å². The number of hydrazine groups is 1. The van der Waals surface area contributed by atoms with Crippen LogP contribution in [0.15, 0.2) is 22.7 Å². The fourth-order valence-corrected chi connectivity index (χ4v) is 3.40. The van der Waals surface area contributed by atoms with E-state index in [1.165, 1.54) is 6.42 Å². The second kappa shape index (κ2) is 5.23. The smallest absolute Gasteiger partial charge is 0.243 e. The summed E-state index contributed by atoms with van der Waals surface area (Å²) < 4.78 is 1.02. The van der Waals surface area contributed by atoms with Crippen LogP contribution < -0.4 is 16.2 Å². The molecule has 0 bridgehead atoms. The first-order chi connectivity index (χ1) is 9.15. The molecular formula is C14H18BrN3O. The highest BCUT2D eigenvalue weighted by molar-refractivity contribution is 9.10. The third-order valence-electron chi connectivity index (χ3n) is 4.14. The number of hydrogen-bond acceptors (Lipinski definition) is 3. The van der Waals surface area contributed by atoms with E-state index in [1.54, 1.807) is 0 Å². The number of benzene rings is 1. The fraction of sp³-hybridized carbons (Fsp3) is 0.500. The van der Waals surface area contributed by atoms with Crippen LogP contribution >= 0.6 is 15.9 Å². The van der Waals surface area contributed by atoms with Gasteiger partial charge in [-0.2, -0.15) is 0 Å². The summed E-state index contributed by atoms with van der Waals surface area (Å²) in [6, 6.07) is 6.22. The average Bonchev–Trinajstić information content (AvgIpc) is 2.95.